The van der Waals surface area contributed by atoms with Gasteiger partial charge in [-0.25, -0.2) is 4.98 Å². The highest BCUT2D eigenvalue weighted by Gasteiger charge is 2.30. The minimum atomic E-state index is -0.689. The van der Waals surface area contributed by atoms with Gasteiger partial charge in [-0.15, -0.1) is 11.3 Å². The summed E-state index contributed by atoms with van der Waals surface area (Å²) in [5.74, 6) is 0.324. The summed E-state index contributed by atoms with van der Waals surface area (Å²) in [6, 6.07) is 7.68. The van der Waals surface area contributed by atoms with Crippen molar-refractivity contribution in [3.05, 3.63) is 51.5 Å². The molecule has 1 aromatic carbocycles. The molecule has 1 unspecified atom stereocenters. The Kier molecular flexibility index (Phi) is 4.03. The lowest BCUT2D eigenvalue weighted by molar-refractivity contribution is 0.0919. The lowest BCUT2D eigenvalue weighted by atomic mass is 10.1. The Morgan fingerprint density at radius 3 is 3.05 bits per heavy atom. The van der Waals surface area contributed by atoms with Crippen molar-refractivity contribution in [3.63, 3.8) is 0 Å². The number of nitrogens with one attached hydrogen (secondary N) is 1. The number of hydrogen-bond acceptors (Lipinski definition) is 4. The molecule has 0 bridgehead atoms. The van der Waals surface area contributed by atoms with Crippen molar-refractivity contribution < 1.29 is 9.90 Å². The summed E-state index contributed by atoms with van der Waals surface area (Å²) in [6.07, 6.45) is 1.55. The Hall–Kier alpha value is -1.72. The molecular formula is C16H18N2O2S. The molecule has 1 saturated carbocycles. The van der Waals surface area contributed by atoms with Crippen molar-refractivity contribution in [2.45, 2.75) is 31.8 Å². The number of carbonyl (C=O) groups excluding carboxylic acids is 1. The van der Waals surface area contributed by atoms with Gasteiger partial charge >= 0.3 is 0 Å². The normalized spacial score (nSPS) is 15.7. The zero-order chi connectivity index (χ0) is 14.8. The predicted octanol–water partition coefficient (Wildman–Crippen LogP) is 2.79. The van der Waals surface area contributed by atoms with E-state index in [0.717, 1.165) is 29.7 Å². The van der Waals surface area contributed by atoms with Crippen LogP contribution in [-0.2, 0) is 0 Å². The number of aliphatic hydroxyl groups is 1. The van der Waals surface area contributed by atoms with Crippen LogP contribution in [0.15, 0.2) is 29.8 Å². The first-order valence-corrected chi connectivity index (χ1v) is 7.99. The van der Waals surface area contributed by atoms with Gasteiger partial charge < -0.3 is 10.4 Å². The van der Waals surface area contributed by atoms with Crippen LogP contribution in [0.25, 0.3) is 0 Å². The maximum absolute atomic E-state index is 12.2. The molecule has 0 radical (unpaired) electrons. The van der Waals surface area contributed by atoms with E-state index in [2.05, 4.69) is 10.3 Å². The lowest BCUT2D eigenvalue weighted by Gasteiger charge is -2.12. The van der Waals surface area contributed by atoms with Crippen LogP contribution in [0.2, 0.25) is 0 Å². The zero-order valence-electron chi connectivity index (χ0n) is 11.9. The number of hydrogen-bond donors (Lipinski definition) is 2. The molecule has 0 aliphatic heterocycles. The van der Waals surface area contributed by atoms with Crippen LogP contribution in [0, 0.1) is 6.92 Å². The molecule has 0 saturated heterocycles. The van der Waals surface area contributed by atoms with E-state index in [1.54, 1.807) is 5.51 Å². The zero-order valence-corrected chi connectivity index (χ0v) is 12.7. The van der Waals surface area contributed by atoms with Crippen molar-refractivity contribution in [1.29, 1.82) is 0 Å². The van der Waals surface area contributed by atoms with Gasteiger partial charge in [0.15, 0.2) is 0 Å². The summed E-state index contributed by atoms with van der Waals surface area (Å²) in [5, 5.41) is 13.0. The summed E-state index contributed by atoms with van der Waals surface area (Å²) >= 11 is 1.37. The maximum Gasteiger partial charge on any atom is 0.263 e. The fourth-order valence-corrected chi connectivity index (χ4v) is 3.13. The molecule has 4 nitrogen and oxygen atoms in total. The Morgan fingerprint density at radius 1 is 1.52 bits per heavy atom. The molecule has 1 heterocycles. The van der Waals surface area contributed by atoms with Crippen molar-refractivity contribution in [2.24, 2.45) is 0 Å². The average molecular weight is 302 g/mol. The molecule has 1 atom stereocenters. The van der Waals surface area contributed by atoms with Gasteiger partial charge in [0.1, 0.15) is 4.88 Å². The third-order valence-corrected chi connectivity index (χ3v) is 4.49. The largest absolute Gasteiger partial charge is 0.387 e. The molecule has 2 aromatic rings. The number of amides is 1. The Labute approximate surface area is 127 Å². The van der Waals surface area contributed by atoms with E-state index >= 15 is 0 Å². The van der Waals surface area contributed by atoms with E-state index in [4.69, 9.17) is 0 Å². The number of aliphatic hydroxyl groups excluding tert-OH is 1. The van der Waals surface area contributed by atoms with Gasteiger partial charge in [-0.3, -0.25) is 4.79 Å². The van der Waals surface area contributed by atoms with Crippen LogP contribution in [-0.4, -0.2) is 22.5 Å². The molecule has 1 amide bonds. The van der Waals surface area contributed by atoms with Gasteiger partial charge in [0, 0.05) is 12.5 Å². The molecule has 2 N–H and O–H groups in total. The number of thiazole rings is 1. The first-order chi connectivity index (χ1) is 10.1. The van der Waals surface area contributed by atoms with Gasteiger partial charge in [0.2, 0.25) is 0 Å². The Balaban J connectivity index is 1.61. The number of nitrogens with zero attached hydrogens (tertiary/aromatic N) is 1. The topological polar surface area (TPSA) is 62.2 Å². The van der Waals surface area contributed by atoms with Crippen molar-refractivity contribution in [3.8, 4) is 0 Å². The number of rotatable bonds is 5. The number of carbonyl (C=O) groups is 1. The summed E-state index contributed by atoms with van der Waals surface area (Å²) in [5.41, 5.74) is 4.56. The minimum absolute atomic E-state index is 0.133. The van der Waals surface area contributed by atoms with E-state index in [1.165, 1.54) is 11.3 Å². The summed E-state index contributed by atoms with van der Waals surface area (Å²) in [6.45, 7) is 2.19. The second-order valence-electron chi connectivity index (χ2n) is 5.48. The van der Waals surface area contributed by atoms with Crippen LogP contribution < -0.4 is 5.32 Å². The smallest absolute Gasteiger partial charge is 0.263 e. The molecule has 5 heteroatoms. The monoisotopic (exact) mass is 302 g/mol. The molecule has 110 valence electrons. The van der Waals surface area contributed by atoms with E-state index in [-0.39, 0.29) is 12.5 Å². The van der Waals surface area contributed by atoms with Gasteiger partial charge in [-0.05, 0) is 25.3 Å². The molecule has 1 fully saturated rings. The minimum Gasteiger partial charge on any atom is -0.387 e. The summed E-state index contributed by atoms with van der Waals surface area (Å²) < 4.78 is 0. The van der Waals surface area contributed by atoms with Gasteiger partial charge in [0.25, 0.3) is 5.91 Å². The first-order valence-electron chi connectivity index (χ1n) is 7.11. The number of benzene rings is 1. The second kappa shape index (κ2) is 5.95. The van der Waals surface area contributed by atoms with Crippen molar-refractivity contribution >= 4 is 17.2 Å². The first kappa shape index (κ1) is 14.2. The van der Waals surface area contributed by atoms with Gasteiger partial charge in [-0.1, -0.05) is 29.8 Å². The van der Waals surface area contributed by atoms with Crippen LogP contribution >= 0.6 is 11.3 Å². The SMILES string of the molecule is Cc1cccc(C(O)CNC(=O)c2scnc2C2CC2)c1. The molecule has 1 aromatic heterocycles. The molecular weight excluding hydrogens is 284 g/mol. The van der Waals surface area contributed by atoms with Crippen molar-refractivity contribution in [2.75, 3.05) is 6.54 Å². The van der Waals surface area contributed by atoms with Crippen LogP contribution in [0.4, 0.5) is 0 Å². The highest BCUT2D eigenvalue weighted by atomic mass is 32.1. The van der Waals surface area contributed by atoms with Gasteiger partial charge in [-0.2, -0.15) is 0 Å². The third-order valence-electron chi connectivity index (χ3n) is 3.65. The fourth-order valence-electron chi connectivity index (χ4n) is 2.34. The molecule has 3 rings (SSSR count). The molecule has 1 aliphatic carbocycles. The Bertz CT molecular complexity index is 649. The van der Waals surface area contributed by atoms with Gasteiger partial charge in [0.05, 0.1) is 17.3 Å². The Morgan fingerprint density at radius 2 is 2.33 bits per heavy atom. The second-order valence-corrected chi connectivity index (χ2v) is 6.34. The van der Waals surface area contributed by atoms with Crippen LogP contribution in [0.3, 0.4) is 0 Å². The van der Waals surface area contributed by atoms with Crippen molar-refractivity contribution in [1.82, 2.24) is 10.3 Å². The van der Waals surface area contributed by atoms with Crippen LogP contribution in [0.5, 0.6) is 0 Å². The van der Waals surface area contributed by atoms with E-state index in [1.807, 2.05) is 31.2 Å². The van der Waals surface area contributed by atoms with Crippen LogP contribution in [0.1, 0.15) is 51.4 Å². The van der Waals surface area contributed by atoms with E-state index < -0.39 is 6.10 Å². The highest BCUT2D eigenvalue weighted by molar-refractivity contribution is 7.11. The molecule has 0 spiro atoms. The summed E-state index contributed by atoms with van der Waals surface area (Å²) in [7, 11) is 0. The third kappa shape index (κ3) is 3.31. The highest BCUT2D eigenvalue weighted by Crippen LogP contribution is 2.41. The van der Waals surface area contributed by atoms with E-state index in [0.29, 0.717) is 10.8 Å². The lowest BCUT2D eigenvalue weighted by Crippen LogP contribution is -2.28. The predicted molar refractivity (Wildman–Crippen MR) is 82.6 cm³/mol. The number of aromatic nitrogens is 1. The summed E-state index contributed by atoms with van der Waals surface area (Å²) in [4.78, 5) is 17.2. The fraction of sp³-hybridized carbons (Fsp3) is 0.375. The van der Waals surface area contributed by atoms with E-state index in [9.17, 15) is 9.90 Å². The number of aryl methyl sites for hydroxylation is 1. The molecule has 1 aliphatic rings. The maximum atomic E-state index is 12.2. The molecule has 21 heavy (non-hydrogen) atoms. The standard InChI is InChI=1S/C16H18N2O2S/c1-10-3-2-4-12(7-10)13(19)8-17-16(20)15-14(11-5-6-11)18-9-21-15/h2-4,7,9,11,13,19H,5-6,8H2,1H3,(H,17,20). The average Bonchev–Trinajstić information content (AvgIpc) is 3.21. The quantitative estimate of drug-likeness (QED) is 0.892.